The van der Waals surface area contributed by atoms with Crippen LogP contribution in [0.5, 0.6) is 0 Å². The van der Waals surface area contributed by atoms with Gasteiger partial charge in [0.1, 0.15) is 5.60 Å². The van der Waals surface area contributed by atoms with E-state index in [2.05, 4.69) is 30.4 Å². The summed E-state index contributed by atoms with van der Waals surface area (Å²) in [7, 11) is 0. The van der Waals surface area contributed by atoms with Crippen LogP contribution >= 0.6 is 11.3 Å². The number of rotatable bonds is 2. The molecule has 0 bridgehead atoms. The Morgan fingerprint density at radius 1 is 1.28 bits per heavy atom. The lowest BCUT2D eigenvalue weighted by Gasteiger charge is -2.30. The Balaban J connectivity index is 2.01. The molecule has 3 heteroatoms. The maximum atomic E-state index is 10.9. The van der Waals surface area contributed by atoms with Crippen LogP contribution in [0.2, 0.25) is 0 Å². The molecule has 1 aromatic heterocycles. The third kappa shape index (κ3) is 1.79. The standard InChI is InChI=1S/C15H17NOS/c1-10-7-8-13(18-10)15(2,17)14-12-6-4-3-5-11(12)9-16-14/h3-8,14,16-17H,9H2,1-2H3. The molecule has 2 aromatic rings. The summed E-state index contributed by atoms with van der Waals surface area (Å²) in [5, 5.41) is 14.3. The van der Waals surface area contributed by atoms with Crippen molar-refractivity contribution in [1.82, 2.24) is 5.32 Å². The zero-order valence-corrected chi connectivity index (χ0v) is 11.4. The van der Waals surface area contributed by atoms with Crippen molar-refractivity contribution in [1.29, 1.82) is 0 Å². The van der Waals surface area contributed by atoms with Crippen molar-refractivity contribution in [2.24, 2.45) is 0 Å². The van der Waals surface area contributed by atoms with Gasteiger partial charge >= 0.3 is 0 Å². The molecule has 2 nitrogen and oxygen atoms in total. The summed E-state index contributed by atoms with van der Waals surface area (Å²) in [6.07, 6.45) is 0. The highest BCUT2D eigenvalue weighted by atomic mass is 32.1. The van der Waals surface area contributed by atoms with E-state index in [9.17, 15) is 5.11 Å². The molecule has 2 heterocycles. The van der Waals surface area contributed by atoms with Crippen LogP contribution in [0.15, 0.2) is 36.4 Å². The molecule has 1 aliphatic heterocycles. The van der Waals surface area contributed by atoms with Crippen LogP contribution in [-0.2, 0) is 12.1 Å². The van der Waals surface area contributed by atoms with Gasteiger partial charge < -0.3 is 10.4 Å². The molecule has 0 spiro atoms. The van der Waals surface area contributed by atoms with E-state index in [-0.39, 0.29) is 6.04 Å². The first-order valence-corrected chi connectivity index (χ1v) is 7.01. The lowest BCUT2D eigenvalue weighted by molar-refractivity contribution is 0.0213. The van der Waals surface area contributed by atoms with Crippen molar-refractivity contribution in [2.75, 3.05) is 0 Å². The summed E-state index contributed by atoms with van der Waals surface area (Å²) in [5.74, 6) is 0. The third-order valence-corrected chi connectivity index (χ3v) is 4.89. The predicted molar refractivity (Wildman–Crippen MR) is 74.6 cm³/mol. The molecule has 18 heavy (non-hydrogen) atoms. The number of benzene rings is 1. The first-order valence-electron chi connectivity index (χ1n) is 6.19. The van der Waals surface area contributed by atoms with Gasteiger partial charge in [0.2, 0.25) is 0 Å². The van der Waals surface area contributed by atoms with Crippen LogP contribution in [0.3, 0.4) is 0 Å². The molecule has 3 rings (SSSR count). The Morgan fingerprint density at radius 3 is 2.78 bits per heavy atom. The minimum atomic E-state index is -0.856. The topological polar surface area (TPSA) is 32.3 Å². The lowest BCUT2D eigenvalue weighted by atomic mass is 9.89. The smallest absolute Gasteiger partial charge is 0.115 e. The predicted octanol–water partition coefficient (Wildman–Crippen LogP) is 3.11. The highest BCUT2D eigenvalue weighted by Crippen LogP contribution is 2.41. The number of hydrogen-bond acceptors (Lipinski definition) is 3. The average Bonchev–Trinajstić information content (AvgIpc) is 2.95. The van der Waals surface area contributed by atoms with Crippen molar-refractivity contribution < 1.29 is 5.11 Å². The Bertz CT molecular complexity index is 573. The average molecular weight is 259 g/mol. The van der Waals surface area contributed by atoms with Crippen molar-refractivity contribution in [3.63, 3.8) is 0 Å². The maximum absolute atomic E-state index is 10.9. The second-order valence-corrected chi connectivity index (χ2v) is 6.36. The Morgan fingerprint density at radius 2 is 2.06 bits per heavy atom. The molecule has 0 aliphatic carbocycles. The molecule has 0 fully saturated rings. The first kappa shape index (κ1) is 11.9. The summed E-state index contributed by atoms with van der Waals surface area (Å²) in [6, 6.07) is 12.4. The molecule has 94 valence electrons. The van der Waals surface area contributed by atoms with Gasteiger partial charge in [0, 0.05) is 16.3 Å². The van der Waals surface area contributed by atoms with Crippen LogP contribution in [0.25, 0.3) is 0 Å². The molecule has 0 saturated heterocycles. The Hall–Kier alpha value is -1.16. The van der Waals surface area contributed by atoms with Gasteiger partial charge in [0.25, 0.3) is 0 Å². The number of thiophene rings is 1. The molecular formula is C15H17NOS. The van der Waals surface area contributed by atoms with Crippen molar-refractivity contribution >= 4 is 11.3 Å². The summed E-state index contributed by atoms with van der Waals surface area (Å²) >= 11 is 1.67. The zero-order valence-electron chi connectivity index (χ0n) is 10.6. The first-order chi connectivity index (χ1) is 8.59. The molecule has 0 radical (unpaired) electrons. The van der Waals surface area contributed by atoms with Gasteiger partial charge in [-0.25, -0.2) is 0 Å². The van der Waals surface area contributed by atoms with E-state index < -0.39 is 5.60 Å². The van der Waals surface area contributed by atoms with Crippen molar-refractivity contribution in [3.8, 4) is 0 Å². The summed E-state index contributed by atoms with van der Waals surface area (Å²) < 4.78 is 0. The van der Waals surface area contributed by atoms with Crippen LogP contribution in [-0.4, -0.2) is 5.11 Å². The normalized spacial score (nSPS) is 21.6. The molecule has 0 saturated carbocycles. The van der Waals surface area contributed by atoms with Crippen LogP contribution in [0, 0.1) is 6.92 Å². The van der Waals surface area contributed by atoms with Gasteiger partial charge in [0.15, 0.2) is 0 Å². The highest BCUT2D eigenvalue weighted by Gasteiger charge is 2.39. The number of fused-ring (bicyclic) bond motifs is 1. The van der Waals surface area contributed by atoms with E-state index in [1.54, 1.807) is 11.3 Å². The van der Waals surface area contributed by atoms with Crippen LogP contribution in [0.1, 0.15) is 33.8 Å². The van der Waals surface area contributed by atoms with E-state index in [1.165, 1.54) is 16.0 Å². The van der Waals surface area contributed by atoms with E-state index in [0.29, 0.717) is 0 Å². The van der Waals surface area contributed by atoms with Crippen molar-refractivity contribution in [3.05, 3.63) is 57.3 Å². The molecule has 1 aromatic carbocycles. The fourth-order valence-electron chi connectivity index (χ4n) is 2.65. The molecule has 2 atom stereocenters. The molecular weight excluding hydrogens is 242 g/mol. The van der Waals surface area contributed by atoms with Gasteiger partial charge in [-0.05, 0) is 37.1 Å². The number of hydrogen-bond donors (Lipinski definition) is 2. The minimum Gasteiger partial charge on any atom is -0.383 e. The fraction of sp³-hybridized carbons (Fsp3) is 0.333. The fourth-order valence-corrected chi connectivity index (χ4v) is 3.59. The van der Waals surface area contributed by atoms with Gasteiger partial charge in [-0.1, -0.05) is 24.3 Å². The van der Waals surface area contributed by atoms with E-state index in [1.807, 2.05) is 25.1 Å². The molecule has 0 amide bonds. The number of nitrogens with one attached hydrogen (secondary N) is 1. The third-order valence-electron chi connectivity index (χ3n) is 3.66. The van der Waals surface area contributed by atoms with Gasteiger partial charge in [-0.15, -0.1) is 11.3 Å². The summed E-state index contributed by atoms with van der Waals surface area (Å²) in [5.41, 5.74) is 1.65. The second kappa shape index (κ2) is 4.19. The number of aryl methyl sites for hydroxylation is 1. The highest BCUT2D eigenvalue weighted by molar-refractivity contribution is 7.12. The summed E-state index contributed by atoms with van der Waals surface area (Å²) in [6.45, 7) is 4.81. The van der Waals surface area contributed by atoms with E-state index in [4.69, 9.17) is 0 Å². The van der Waals surface area contributed by atoms with Gasteiger partial charge in [0.05, 0.1) is 6.04 Å². The summed E-state index contributed by atoms with van der Waals surface area (Å²) in [4.78, 5) is 2.26. The van der Waals surface area contributed by atoms with Gasteiger partial charge in [-0.2, -0.15) is 0 Å². The SMILES string of the molecule is Cc1ccc(C(C)(O)C2NCc3ccccc32)s1. The van der Waals surface area contributed by atoms with Gasteiger partial charge in [-0.3, -0.25) is 0 Å². The quantitative estimate of drug-likeness (QED) is 0.868. The Kier molecular flexibility index (Phi) is 2.77. The van der Waals surface area contributed by atoms with Crippen LogP contribution < -0.4 is 5.32 Å². The molecule has 1 aliphatic rings. The minimum absolute atomic E-state index is 0.0215. The number of aliphatic hydroxyl groups is 1. The maximum Gasteiger partial charge on any atom is 0.115 e. The van der Waals surface area contributed by atoms with E-state index in [0.717, 1.165) is 11.4 Å². The molecule has 2 N–H and O–H groups in total. The lowest BCUT2D eigenvalue weighted by Crippen LogP contribution is -2.35. The monoisotopic (exact) mass is 259 g/mol. The zero-order chi connectivity index (χ0) is 12.8. The van der Waals surface area contributed by atoms with E-state index >= 15 is 0 Å². The largest absolute Gasteiger partial charge is 0.383 e. The second-order valence-electron chi connectivity index (χ2n) is 5.07. The Labute approximate surface area is 111 Å². The van der Waals surface area contributed by atoms with Crippen molar-refractivity contribution in [2.45, 2.75) is 32.0 Å². The van der Waals surface area contributed by atoms with Crippen LogP contribution in [0.4, 0.5) is 0 Å². The molecule has 2 unspecified atom stereocenters.